The lowest BCUT2D eigenvalue weighted by Gasteiger charge is -2.21. The summed E-state index contributed by atoms with van der Waals surface area (Å²) in [7, 11) is -3.50. The molecule has 0 bridgehead atoms. The molecule has 6 heteroatoms. The van der Waals surface area contributed by atoms with Crippen molar-refractivity contribution in [2.75, 3.05) is 13.1 Å². The van der Waals surface area contributed by atoms with Crippen molar-refractivity contribution < 1.29 is 8.42 Å². The van der Waals surface area contributed by atoms with Gasteiger partial charge < -0.3 is 5.73 Å². The highest BCUT2D eigenvalue weighted by Gasteiger charge is 2.24. The molecule has 100 valence electrons. The quantitative estimate of drug-likeness (QED) is 0.603. The first-order valence-electron chi connectivity index (χ1n) is 5.78. The lowest BCUT2D eigenvalue weighted by Crippen LogP contribution is -2.34. The molecule has 5 nitrogen and oxygen atoms in total. The fourth-order valence-corrected chi connectivity index (χ4v) is 3.35. The second-order valence-corrected chi connectivity index (χ2v) is 5.94. The highest BCUT2D eigenvalue weighted by atomic mass is 32.2. The van der Waals surface area contributed by atoms with Gasteiger partial charge in [-0.2, -0.15) is 4.31 Å². The third-order valence-corrected chi connectivity index (χ3v) is 4.83. The molecule has 1 aromatic carbocycles. The molecule has 1 aromatic rings. The maximum absolute atomic E-state index is 12.4. The molecule has 0 atom stereocenters. The van der Waals surface area contributed by atoms with Crippen LogP contribution in [-0.4, -0.2) is 31.6 Å². The molecule has 0 aliphatic heterocycles. The molecule has 0 aliphatic rings. The number of rotatable bonds is 6. The Kier molecular flexibility index (Phi) is 4.86. The van der Waals surface area contributed by atoms with E-state index in [2.05, 4.69) is 0 Å². The maximum atomic E-state index is 12.4. The van der Waals surface area contributed by atoms with E-state index in [0.29, 0.717) is 11.4 Å². The van der Waals surface area contributed by atoms with Crippen LogP contribution < -0.4 is 5.73 Å². The van der Waals surface area contributed by atoms with Crippen LogP contribution in [0.4, 0.5) is 0 Å². The van der Waals surface area contributed by atoms with E-state index in [1.165, 1.54) is 4.31 Å². The minimum absolute atomic E-state index is 0.00608. The molecule has 0 fully saturated rings. The SMILES string of the molecule is CCN(CCC(=N)N)S(=O)(=O)c1ccccc1C. The third kappa shape index (κ3) is 3.30. The van der Waals surface area contributed by atoms with Crippen molar-refractivity contribution in [1.82, 2.24) is 4.31 Å². The first kappa shape index (κ1) is 14.7. The van der Waals surface area contributed by atoms with E-state index in [0.717, 1.165) is 5.56 Å². The van der Waals surface area contributed by atoms with E-state index < -0.39 is 10.0 Å². The summed E-state index contributed by atoms with van der Waals surface area (Å²) >= 11 is 0. The van der Waals surface area contributed by atoms with Crippen LogP contribution in [-0.2, 0) is 10.0 Å². The molecule has 0 aromatic heterocycles. The van der Waals surface area contributed by atoms with Crippen LogP contribution in [0.3, 0.4) is 0 Å². The third-order valence-electron chi connectivity index (χ3n) is 2.69. The smallest absolute Gasteiger partial charge is 0.243 e. The molecule has 0 saturated carbocycles. The van der Waals surface area contributed by atoms with Crippen molar-refractivity contribution >= 4 is 15.9 Å². The molecule has 0 spiro atoms. The Balaban J connectivity index is 3.04. The molecular weight excluding hydrogens is 250 g/mol. The Hall–Kier alpha value is -1.40. The molecule has 1 rings (SSSR count). The van der Waals surface area contributed by atoms with Crippen LogP contribution in [0.5, 0.6) is 0 Å². The molecule has 18 heavy (non-hydrogen) atoms. The summed E-state index contributed by atoms with van der Waals surface area (Å²) in [6.07, 6.45) is 0.249. The van der Waals surface area contributed by atoms with E-state index in [4.69, 9.17) is 11.1 Å². The summed E-state index contributed by atoms with van der Waals surface area (Å²) in [5.74, 6) is -0.00608. The van der Waals surface area contributed by atoms with Crippen molar-refractivity contribution in [3.63, 3.8) is 0 Å². The summed E-state index contributed by atoms with van der Waals surface area (Å²) in [5.41, 5.74) is 5.99. The molecule has 0 amide bonds. The predicted molar refractivity (Wildman–Crippen MR) is 72.1 cm³/mol. The van der Waals surface area contributed by atoms with E-state index in [-0.39, 0.29) is 18.8 Å². The average Bonchev–Trinajstić information content (AvgIpc) is 2.29. The van der Waals surface area contributed by atoms with Crippen LogP contribution in [0.15, 0.2) is 29.2 Å². The van der Waals surface area contributed by atoms with Crippen LogP contribution in [0.25, 0.3) is 0 Å². The molecular formula is C12H19N3O2S. The average molecular weight is 269 g/mol. The van der Waals surface area contributed by atoms with Gasteiger partial charge in [-0.15, -0.1) is 0 Å². The largest absolute Gasteiger partial charge is 0.388 e. The summed E-state index contributed by atoms with van der Waals surface area (Å²) in [4.78, 5) is 0.315. The monoisotopic (exact) mass is 269 g/mol. The molecule has 0 unspecified atom stereocenters. The predicted octanol–water partition coefficient (Wildman–Crippen LogP) is 1.33. The number of benzene rings is 1. The van der Waals surface area contributed by atoms with Gasteiger partial charge in [0.2, 0.25) is 10.0 Å². The van der Waals surface area contributed by atoms with Crippen LogP contribution in [0.1, 0.15) is 18.9 Å². The Morgan fingerprint density at radius 1 is 1.39 bits per heavy atom. The number of amidine groups is 1. The normalized spacial score (nSPS) is 11.7. The Bertz CT molecular complexity index is 526. The van der Waals surface area contributed by atoms with E-state index in [1.807, 2.05) is 0 Å². The number of sulfonamides is 1. The van der Waals surface area contributed by atoms with E-state index in [9.17, 15) is 8.42 Å². The van der Waals surface area contributed by atoms with Crippen molar-refractivity contribution in [2.45, 2.75) is 25.2 Å². The lowest BCUT2D eigenvalue weighted by atomic mass is 10.2. The molecule has 3 N–H and O–H groups in total. The fourth-order valence-electron chi connectivity index (χ4n) is 1.68. The summed E-state index contributed by atoms with van der Waals surface area (Å²) in [6, 6.07) is 6.88. The van der Waals surface area contributed by atoms with Gasteiger partial charge in [0, 0.05) is 19.5 Å². The van der Waals surface area contributed by atoms with Crippen LogP contribution in [0.2, 0.25) is 0 Å². The highest BCUT2D eigenvalue weighted by molar-refractivity contribution is 7.89. The number of aryl methyl sites for hydroxylation is 1. The molecule has 0 heterocycles. The minimum atomic E-state index is -3.50. The van der Waals surface area contributed by atoms with Gasteiger partial charge in [0.25, 0.3) is 0 Å². The maximum Gasteiger partial charge on any atom is 0.243 e. The topological polar surface area (TPSA) is 87.2 Å². The van der Waals surface area contributed by atoms with Crippen molar-refractivity contribution in [2.24, 2.45) is 5.73 Å². The number of hydrogen-bond donors (Lipinski definition) is 2. The fraction of sp³-hybridized carbons (Fsp3) is 0.417. The first-order valence-corrected chi connectivity index (χ1v) is 7.22. The van der Waals surface area contributed by atoms with Gasteiger partial charge in [0.15, 0.2) is 0 Å². The second kappa shape index (κ2) is 5.97. The summed E-state index contributed by atoms with van der Waals surface area (Å²) < 4.78 is 26.2. The van der Waals surface area contributed by atoms with Crippen LogP contribution >= 0.6 is 0 Å². The molecule has 0 aliphatic carbocycles. The zero-order valence-corrected chi connectivity index (χ0v) is 11.5. The number of nitrogens with one attached hydrogen (secondary N) is 1. The highest BCUT2D eigenvalue weighted by Crippen LogP contribution is 2.19. The Morgan fingerprint density at radius 2 is 2.00 bits per heavy atom. The van der Waals surface area contributed by atoms with Crippen molar-refractivity contribution in [3.8, 4) is 0 Å². The standard InChI is InChI=1S/C12H19N3O2S/c1-3-15(9-8-12(13)14)18(16,17)11-7-5-4-6-10(11)2/h4-7H,3,8-9H2,1-2H3,(H3,13,14). The minimum Gasteiger partial charge on any atom is -0.388 e. The van der Waals surface area contributed by atoms with Gasteiger partial charge in [0.05, 0.1) is 10.7 Å². The second-order valence-electron chi connectivity index (χ2n) is 4.04. The van der Waals surface area contributed by atoms with Gasteiger partial charge in [-0.25, -0.2) is 8.42 Å². The Morgan fingerprint density at radius 3 is 2.50 bits per heavy atom. The zero-order chi connectivity index (χ0) is 13.8. The van der Waals surface area contributed by atoms with Gasteiger partial charge in [-0.1, -0.05) is 25.1 Å². The summed E-state index contributed by atoms with van der Waals surface area (Å²) in [6.45, 7) is 4.15. The van der Waals surface area contributed by atoms with Crippen molar-refractivity contribution in [1.29, 1.82) is 5.41 Å². The van der Waals surface area contributed by atoms with Gasteiger partial charge in [-0.05, 0) is 18.6 Å². The van der Waals surface area contributed by atoms with Crippen molar-refractivity contribution in [3.05, 3.63) is 29.8 Å². The van der Waals surface area contributed by atoms with E-state index in [1.54, 1.807) is 38.1 Å². The van der Waals surface area contributed by atoms with Gasteiger partial charge in [0.1, 0.15) is 0 Å². The lowest BCUT2D eigenvalue weighted by molar-refractivity contribution is 0.436. The zero-order valence-electron chi connectivity index (χ0n) is 10.7. The number of nitrogens with zero attached hydrogens (tertiary/aromatic N) is 1. The molecule has 0 saturated heterocycles. The Labute approximate surface area is 108 Å². The number of nitrogens with two attached hydrogens (primary N) is 1. The van der Waals surface area contributed by atoms with Crippen LogP contribution in [0, 0.1) is 12.3 Å². The van der Waals surface area contributed by atoms with E-state index >= 15 is 0 Å². The first-order chi connectivity index (χ1) is 8.39. The molecule has 0 radical (unpaired) electrons. The number of hydrogen-bond acceptors (Lipinski definition) is 3. The van der Waals surface area contributed by atoms with Gasteiger partial charge in [-0.3, -0.25) is 5.41 Å². The van der Waals surface area contributed by atoms with Gasteiger partial charge >= 0.3 is 0 Å². The summed E-state index contributed by atoms with van der Waals surface area (Å²) in [5, 5.41) is 7.17.